The van der Waals surface area contributed by atoms with Crippen LogP contribution < -0.4 is 5.32 Å². The molecular formula is C23H24N2O2. The minimum Gasteiger partial charge on any atom is -0.362 e. The number of hydrogen-bond donors (Lipinski definition) is 2. The normalized spacial score (nSPS) is 24.5. The van der Waals surface area contributed by atoms with Crippen LogP contribution in [0.2, 0.25) is 0 Å². The van der Waals surface area contributed by atoms with Gasteiger partial charge in [-0.3, -0.25) is 0 Å². The number of aldehydes is 1. The third-order valence-electron chi connectivity index (χ3n) is 5.26. The van der Waals surface area contributed by atoms with E-state index in [1.807, 2.05) is 31.4 Å². The topological polar surface area (TPSA) is 54.1 Å². The average Bonchev–Trinajstić information content (AvgIpc) is 3.01. The zero-order valence-electron chi connectivity index (χ0n) is 15.4. The maximum Gasteiger partial charge on any atom is 0.147 e. The molecule has 0 bridgehead atoms. The number of nitrogens with one attached hydrogen (secondary N) is 2. The summed E-state index contributed by atoms with van der Waals surface area (Å²) in [6.07, 6.45) is 14.8. The van der Waals surface area contributed by atoms with Crippen molar-refractivity contribution in [2.24, 2.45) is 5.92 Å². The number of dihydropyridines is 1. The van der Waals surface area contributed by atoms with E-state index >= 15 is 0 Å². The molecular weight excluding hydrogens is 336 g/mol. The Morgan fingerprint density at radius 2 is 2.15 bits per heavy atom. The molecule has 2 aromatic rings. The van der Waals surface area contributed by atoms with Gasteiger partial charge in [-0.1, -0.05) is 36.9 Å². The summed E-state index contributed by atoms with van der Waals surface area (Å²) in [6.45, 7) is 5.95. The Kier molecular flexibility index (Phi) is 4.82. The van der Waals surface area contributed by atoms with E-state index in [1.54, 1.807) is 0 Å². The van der Waals surface area contributed by atoms with Crippen molar-refractivity contribution in [2.75, 3.05) is 0 Å². The fraction of sp³-hybridized carbons (Fsp3) is 0.261. The molecule has 2 heterocycles. The van der Waals surface area contributed by atoms with Crippen molar-refractivity contribution in [2.45, 2.75) is 32.1 Å². The van der Waals surface area contributed by atoms with Crippen LogP contribution in [0.1, 0.15) is 36.6 Å². The van der Waals surface area contributed by atoms with E-state index in [4.69, 9.17) is 4.74 Å². The number of aromatic nitrogens is 1. The van der Waals surface area contributed by atoms with E-state index in [2.05, 4.69) is 47.2 Å². The highest BCUT2D eigenvalue weighted by molar-refractivity contribution is 5.95. The summed E-state index contributed by atoms with van der Waals surface area (Å²) in [5.41, 5.74) is 5.55. The molecule has 2 aliphatic rings. The number of carbonyl (C=O) groups excluding carboxylic acids is 1. The Morgan fingerprint density at radius 1 is 1.30 bits per heavy atom. The van der Waals surface area contributed by atoms with Gasteiger partial charge in [0.15, 0.2) is 0 Å². The fourth-order valence-electron chi connectivity index (χ4n) is 3.70. The molecule has 1 atom stereocenters. The van der Waals surface area contributed by atoms with Crippen LogP contribution in [0.5, 0.6) is 0 Å². The van der Waals surface area contributed by atoms with Gasteiger partial charge in [0.05, 0.1) is 6.10 Å². The molecule has 4 rings (SSSR count). The smallest absolute Gasteiger partial charge is 0.147 e. The molecule has 4 nitrogen and oxygen atoms in total. The van der Waals surface area contributed by atoms with E-state index < -0.39 is 0 Å². The van der Waals surface area contributed by atoms with Gasteiger partial charge in [-0.15, -0.1) is 0 Å². The van der Waals surface area contributed by atoms with Gasteiger partial charge in [0.25, 0.3) is 0 Å². The highest BCUT2D eigenvalue weighted by Crippen LogP contribution is 2.31. The summed E-state index contributed by atoms with van der Waals surface area (Å²) in [4.78, 5) is 14.2. The summed E-state index contributed by atoms with van der Waals surface area (Å²) in [5, 5.41) is 4.47. The highest BCUT2D eigenvalue weighted by atomic mass is 16.5. The number of ether oxygens (including phenoxy) is 1. The molecule has 138 valence electrons. The first-order valence-electron chi connectivity index (χ1n) is 9.38. The lowest BCUT2D eigenvalue weighted by Crippen LogP contribution is -2.39. The predicted molar refractivity (Wildman–Crippen MR) is 111 cm³/mol. The molecule has 27 heavy (non-hydrogen) atoms. The number of allylic oxidation sites excluding steroid dienone is 3. The van der Waals surface area contributed by atoms with E-state index in [1.165, 1.54) is 5.39 Å². The van der Waals surface area contributed by atoms with Crippen LogP contribution in [-0.4, -0.2) is 23.6 Å². The standard InChI is InChI=1S/C23H24N2O2/c1-3-5-21-19(4-2)20-8-6-16(12-22(20)25-21)17-7-9-23(24-13-17)27-18-10-15(11-18)14-26/h3-9,12-15,18,23-25H,2,10-11H2,1H3/b5-3-. The van der Waals surface area contributed by atoms with Crippen molar-refractivity contribution in [1.82, 2.24) is 10.3 Å². The molecule has 0 spiro atoms. The van der Waals surface area contributed by atoms with Gasteiger partial charge in [-0.25, -0.2) is 0 Å². The lowest BCUT2D eigenvalue weighted by Gasteiger charge is -2.34. The Balaban J connectivity index is 1.49. The van der Waals surface area contributed by atoms with Crippen molar-refractivity contribution in [1.29, 1.82) is 0 Å². The number of carbonyl (C=O) groups is 1. The number of hydrogen-bond acceptors (Lipinski definition) is 3. The first-order valence-corrected chi connectivity index (χ1v) is 9.38. The minimum atomic E-state index is -0.130. The Bertz CT molecular complexity index is 958. The summed E-state index contributed by atoms with van der Waals surface area (Å²) in [7, 11) is 0. The average molecular weight is 360 g/mol. The van der Waals surface area contributed by atoms with E-state index in [0.717, 1.165) is 47.0 Å². The number of rotatable bonds is 6. The lowest BCUT2D eigenvalue weighted by atomic mass is 9.83. The highest BCUT2D eigenvalue weighted by Gasteiger charge is 2.31. The zero-order valence-corrected chi connectivity index (χ0v) is 15.4. The number of aromatic amines is 1. The van der Waals surface area contributed by atoms with Gasteiger partial charge in [0.1, 0.15) is 12.5 Å². The molecule has 1 aliphatic heterocycles. The molecule has 0 radical (unpaired) electrons. The van der Waals surface area contributed by atoms with Crippen molar-refractivity contribution in [3.63, 3.8) is 0 Å². The van der Waals surface area contributed by atoms with Crippen LogP contribution in [0.3, 0.4) is 0 Å². The summed E-state index contributed by atoms with van der Waals surface area (Å²) in [5.74, 6) is 0.175. The molecule has 0 saturated heterocycles. The maximum absolute atomic E-state index is 10.7. The fourth-order valence-corrected chi connectivity index (χ4v) is 3.70. The summed E-state index contributed by atoms with van der Waals surface area (Å²) >= 11 is 0. The van der Waals surface area contributed by atoms with Gasteiger partial charge < -0.3 is 19.8 Å². The second kappa shape index (κ2) is 7.41. The molecule has 1 unspecified atom stereocenters. The Labute approximate surface area is 159 Å². The van der Waals surface area contributed by atoms with Gasteiger partial charge in [-0.2, -0.15) is 0 Å². The van der Waals surface area contributed by atoms with Gasteiger partial charge in [0.2, 0.25) is 0 Å². The van der Waals surface area contributed by atoms with Gasteiger partial charge >= 0.3 is 0 Å². The van der Waals surface area contributed by atoms with Crippen molar-refractivity contribution < 1.29 is 9.53 Å². The monoisotopic (exact) mass is 360 g/mol. The van der Waals surface area contributed by atoms with Crippen LogP contribution in [0.25, 0.3) is 28.6 Å². The number of H-pyrrole nitrogens is 1. The third-order valence-corrected chi connectivity index (χ3v) is 5.26. The quantitative estimate of drug-likeness (QED) is 0.737. The van der Waals surface area contributed by atoms with Crippen LogP contribution in [0.4, 0.5) is 0 Å². The Morgan fingerprint density at radius 3 is 2.81 bits per heavy atom. The summed E-state index contributed by atoms with van der Waals surface area (Å²) in [6, 6.07) is 6.42. The third kappa shape index (κ3) is 3.40. The van der Waals surface area contributed by atoms with Crippen molar-refractivity contribution in [3.8, 4) is 0 Å². The molecule has 1 aromatic heterocycles. The number of benzene rings is 1. The molecule has 1 aromatic carbocycles. The van der Waals surface area contributed by atoms with Crippen molar-refractivity contribution >= 4 is 34.9 Å². The molecule has 4 heteroatoms. The van der Waals surface area contributed by atoms with E-state index in [9.17, 15) is 4.79 Å². The predicted octanol–water partition coefficient (Wildman–Crippen LogP) is 4.66. The molecule has 1 fully saturated rings. The summed E-state index contributed by atoms with van der Waals surface area (Å²) < 4.78 is 5.95. The van der Waals surface area contributed by atoms with Crippen LogP contribution in [-0.2, 0) is 9.53 Å². The number of fused-ring (bicyclic) bond motifs is 1. The van der Waals surface area contributed by atoms with E-state index in [-0.39, 0.29) is 18.2 Å². The van der Waals surface area contributed by atoms with E-state index in [0.29, 0.717) is 0 Å². The second-order valence-corrected chi connectivity index (χ2v) is 7.09. The minimum absolute atomic E-state index is 0.130. The maximum atomic E-state index is 10.7. The second-order valence-electron chi connectivity index (χ2n) is 7.09. The molecule has 1 aliphatic carbocycles. The zero-order chi connectivity index (χ0) is 18.8. The van der Waals surface area contributed by atoms with Gasteiger partial charge in [-0.05, 0) is 49.1 Å². The molecule has 1 saturated carbocycles. The van der Waals surface area contributed by atoms with Crippen molar-refractivity contribution in [3.05, 3.63) is 66.0 Å². The van der Waals surface area contributed by atoms with Crippen LogP contribution in [0.15, 0.2) is 49.2 Å². The first-order chi connectivity index (χ1) is 13.2. The lowest BCUT2D eigenvalue weighted by molar-refractivity contribution is -0.122. The first kappa shape index (κ1) is 17.6. The van der Waals surface area contributed by atoms with Gasteiger partial charge in [0, 0.05) is 34.3 Å². The Hall–Kier alpha value is -2.85. The van der Waals surface area contributed by atoms with Crippen LogP contribution in [0, 0.1) is 5.92 Å². The molecule has 2 N–H and O–H groups in total. The largest absolute Gasteiger partial charge is 0.362 e. The molecule has 0 amide bonds. The van der Waals surface area contributed by atoms with Crippen LogP contribution >= 0.6 is 0 Å². The SMILES string of the molecule is C=Cc1c(/C=C\C)[nH]c2cc(C3=CNC(OC4CC(C=O)C4)C=C3)ccc12.